The highest BCUT2D eigenvalue weighted by Crippen LogP contribution is 2.23. The molecule has 3 aromatic rings. The van der Waals surface area contributed by atoms with Gasteiger partial charge in [0.1, 0.15) is 5.58 Å². The fourth-order valence-corrected chi connectivity index (χ4v) is 2.60. The van der Waals surface area contributed by atoms with Crippen LogP contribution < -0.4 is 16.0 Å². The first-order chi connectivity index (χ1) is 12.5. The molecule has 136 valence electrons. The molecule has 2 aromatic heterocycles. The zero-order valence-electron chi connectivity index (χ0n) is 15.1. The minimum Gasteiger partial charge on any atom is -0.464 e. The number of nitrogens with one attached hydrogen (secondary N) is 1. The van der Waals surface area contributed by atoms with Crippen LogP contribution in [0.1, 0.15) is 23.9 Å². The molecule has 0 aliphatic carbocycles. The highest BCUT2D eigenvalue weighted by Gasteiger charge is 2.12. The molecular weight excluding hydrogens is 332 g/mol. The van der Waals surface area contributed by atoms with Gasteiger partial charge >= 0.3 is 0 Å². The summed E-state index contributed by atoms with van der Waals surface area (Å²) in [4.78, 5) is 26.4. The summed E-state index contributed by atoms with van der Waals surface area (Å²) < 4.78 is 5.54. The van der Waals surface area contributed by atoms with Crippen molar-refractivity contribution in [2.24, 2.45) is 0 Å². The highest BCUT2D eigenvalue weighted by molar-refractivity contribution is 5.88. The van der Waals surface area contributed by atoms with Crippen LogP contribution in [0.3, 0.4) is 0 Å². The van der Waals surface area contributed by atoms with Crippen molar-refractivity contribution in [3.05, 3.63) is 41.4 Å². The third-order valence-electron chi connectivity index (χ3n) is 4.01. The average Bonchev–Trinajstić information content (AvgIpc) is 3.01. The lowest BCUT2D eigenvalue weighted by Gasteiger charge is -2.11. The molecule has 2 heterocycles. The third kappa shape index (κ3) is 3.90. The maximum Gasteiger partial charge on any atom is 0.229 e. The number of anilines is 2. The van der Waals surface area contributed by atoms with E-state index in [0.29, 0.717) is 11.8 Å². The molecule has 0 radical (unpaired) electrons. The van der Waals surface area contributed by atoms with Crippen molar-refractivity contribution in [3.8, 4) is 0 Å². The number of amides is 1. The van der Waals surface area contributed by atoms with E-state index in [0.717, 1.165) is 23.0 Å². The molecular formula is C18H22N6O2. The smallest absolute Gasteiger partial charge is 0.229 e. The van der Waals surface area contributed by atoms with Crippen molar-refractivity contribution in [3.63, 3.8) is 0 Å². The number of benzene rings is 1. The number of aryl methyl sites for hydroxylation is 1. The van der Waals surface area contributed by atoms with Gasteiger partial charge in [-0.05, 0) is 24.1 Å². The predicted molar refractivity (Wildman–Crippen MR) is 99.7 cm³/mol. The molecule has 1 amide bonds. The number of nitrogens with two attached hydrogens (primary N) is 1. The Morgan fingerprint density at radius 1 is 1.27 bits per heavy atom. The summed E-state index contributed by atoms with van der Waals surface area (Å²) in [7, 11) is 3.62. The van der Waals surface area contributed by atoms with Crippen LogP contribution in [0.25, 0.3) is 11.0 Å². The average molecular weight is 354 g/mol. The van der Waals surface area contributed by atoms with E-state index >= 15 is 0 Å². The van der Waals surface area contributed by atoms with Crippen molar-refractivity contribution in [2.75, 3.05) is 24.7 Å². The first kappa shape index (κ1) is 17.7. The summed E-state index contributed by atoms with van der Waals surface area (Å²) >= 11 is 0. The molecule has 26 heavy (non-hydrogen) atoms. The molecule has 0 spiro atoms. The molecule has 0 fully saturated rings. The van der Waals surface area contributed by atoms with E-state index in [2.05, 4.69) is 33.3 Å². The van der Waals surface area contributed by atoms with Crippen molar-refractivity contribution in [1.82, 2.24) is 20.3 Å². The van der Waals surface area contributed by atoms with Crippen LogP contribution in [0, 0.1) is 0 Å². The van der Waals surface area contributed by atoms with Gasteiger partial charge in [0.05, 0.1) is 19.2 Å². The van der Waals surface area contributed by atoms with E-state index in [1.54, 1.807) is 11.2 Å². The van der Waals surface area contributed by atoms with Gasteiger partial charge in [-0.3, -0.25) is 4.79 Å². The first-order valence-electron chi connectivity index (χ1n) is 8.39. The van der Waals surface area contributed by atoms with Gasteiger partial charge in [0.15, 0.2) is 5.82 Å². The minimum atomic E-state index is -0.139. The number of aromatic nitrogens is 3. The van der Waals surface area contributed by atoms with Crippen molar-refractivity contribution >= 4 is 28.8 Å². The van der Waals surface area contributed by atoms with Gasteiger partial charge in [-0.1, -0.05) is 13.0 Å². The summed E-state index contributed by atoms with van der Waals surface area (Å²) in [5, 5.41) is 3.79. The van der Waals surface area contributed by atoms with Crippen LogP contribution in [0.2, 0.25) is 0 Å². The molecule has 0 saturated heterocycles. The highest BCUT2D eigenvalue weighted by atomic mass is 16.3. The van der Waals surface area contributed by atoms with Gasteiger partial charge in [-0.25, -0.2) is 0 Å². The maximum atomic E-state index is 12.3. The van der Waals surface area contributed by atoms with Crippen LogP contribution in [0.15, 0.2) is 28.9 Å². The van der Waals surface area contributed by atoms with E-state index in [-0.39, 0.29) is 24.8 Å². The van der Waals surface area contributed by atoms with E-state index in [1.807, 2.05) is 26.2 Å². The number of furan rings is 1. The van der Waals surface area contributed by atoms with Gasteiger partial charge in [0, 0.05) is 25.0 Å². The fourth-order valence-electron chi connectivity index (χ4n) is 2.60. The van der Waals surface area contributed by atoms with E-state index in [1.165, 1.54) is 5.56 Å². The number of carbonyl (C=O) groups is 1. The van der Waals surface area contributed by atoms with E-state index in [9.17, 15) is 4.79 Å². The van der Waals surface area contributed by atoms with Crippen molar-refractivity contribution < 1.29 is 9.21 Å². The molecule has 0 atom stereocenters. The molecule has 3 N–H and O–H groups in total. The zero-order chi connectivity index (χ0) is 18.7. The van der Waals surface area contributed by atoms with Crippen LogP contribution in [0.5, 0.6) is 0 Å². The Hall–Kier alpha value is -3.16. The number of hydrogen-bond donors (Lipinski definition) is 2. The third-order valence-corrected chi connectivity index (χ3v) is 4.01. The number of hydrogen-bond acceptors (Lipinski definition) is 7. The number of nitrogen functional groups attached to an aromatic ring is 1. The van der Waals surface area contributed by atoms with Crippen LogP contribution in [0.4, 0.5) is 11.9 Å². The lowest BCUT2D eigenvalue weighted by atomic mass is 10.1. The lowest BCUT2D eigenvalue weighted by molar-refractivity contribution is -0.120. The van der Waals surface area contributed by atoms with Gasteiger partial charge in [-0.2, -0.15) is 15.0 Å². The Bertz CT molecular complexity index is 935. The second kappa shape index (κ2) is 7.38. The minimum absolute atomic E-state index is 0.126. The van der Waals surface area contributed by atoms with E-state index in [4.69, 9.17) is 10.2 Å². The zero-order valence-corrected chi connectivity index (χ0v) is 15.1. The van der Waals surface area contributed by atoms with Gasteiger partial charge in [0.25, 0.3) is 0 Å². The van der Waals surface area contributed by atoms with Crippen LogP contribution in [-0.2, 0) is 24.2 Å². The first-order valence-corrected chi connectivity index (χ1v) is 8.39. The van der Waals surface area contributed by atoms with Crippen molar-refractivity contribution in [1.29, 1.82) is 0 Å². The second-order valence-electron chi connectivity index (χ2n) is 6.20. The Labute approximate surface area is 151 Å². The molecule has 8 heteroatoms. The Kier molecular flexibility index (Phi) is 5.01. The summed E-state index contributed by atoms with van der Waals surface area (Å²) in [5.41, 5.74) is 8.54. The largest absolute Gasteiger partial charge is 0.464 e. The van der Waals surface area contributed by atoms with Crippen LogP contribution in [-0.4, -0.2) is 35.0 Å². The molecule has 0 saturated carbocycles. The van der Waals surface area contributed by atoms with Crippen molar-refractivity contribution in [2.45, 2.75) is 26.3 Å². The fraction of sp³-hybridized carbons (Fsp3) is 0.333. The molecule has 0 aliphatic rings. The van der Waals surface area contributed by atoms with E-state index < -0.39 is 0 Å². The Morgan fingerprint density at radius 3 is 2.81 bits per heavy atom. The monoisotopic (exact) mass is 354 g/mol. The molecule has 8 nitrogen and oxygen atoms in total. The molecule has 3 rings (SSSR count). The standard InChI is InChI=1S/C18H22N6O2/c1-4-11-5-6-14-13(7-11)12(10-26-14)8-16(25)20-9-15-21-17(19)23-18(22-15)24(2)3/h5-7,10H,4,8-9H2,1-3H3,(H,20,25)(H2,19,21,22,23). The maximum absolute atomic E-state index is 12.3. The van der Waals surface area contributed by atoms with Gasteiger partial charge in [0.2, 0.25) is 17.8 Å². The SMILES string of the molecule is CCc1ccc2occ(CC(=O)NCc3nc(N)nc(N(C)C)n3)c2c1. The summed E-state index contributed by atoms with van der Waals surface area (Å²) in [6.45, 7) is 2.28. The molecule has 0 unspecified atom stereocenters. The second-order valence-corrected chi connectivity index (χ2v) is 6.20. The molecule has 1 aromatic carbocycles. The predicted octanol–water partition coefficient (Wildman–Crippen LogP) is 1.69. The topological polar surface area (TPSA) is 110 Å². The summed E-state index contributed by atoms with van der Waals surface area (Å²) in [5.74, 6) is 0.857. The number of carbonyl (C=O) groups excluding carboxylic acids is 1. The summed E-state index contributed by atoms with van der Waals surface area (Å²) in [6, 6.07) is 6.03. The van der Waals surface area contributed by atoms with Gasteiger partial charge in [-0.15, -0.1) is 0 Å². The summed E-state index contributed by atoms with van der Waals surface area (Å²) in [6.07, 6.45) is 2.79. The number of nitrogens with zero attached hydrogens (tertiary/aromatic N) is 4. The molecule has 0 aliphatic heterocycles. The molecule has 0 bridgehead atoms. The number of rotatable bonds is 6. The quantitative estimate of drug-likeness (QED) is 0.693. The Morgan fingerprint density at radius 2 is 2.08 bits per heavy atom. The lowest BCUT2D eigenvalue weighted by Crippen LogP contribution is -2.26. The van der Waals surface area contributed by atoms with Crippen LogP contribution >= 0.6 is 0 Å². The van der Waals surface area contributed by atoms with Gasteiger partial charge < -0.3 is 20.4 Å². The number of fused-ring (bicyclic) bond motifs is 1. The normalized spacial score (nSPS) is 10.9. The Balaban J connectivity index is 1.68.